The molecule has 4 nitrogen and oxygen atoms in total. The van der Waals surface area contributed by atoms with Crippen LogP contribution in [0.15, 0.2) is 28.7 Å². The molecule has 0 amide bonds. The first-order valence-electron chi connectivity index (χ1n) is 6.05. The van der Waals surface area contributed by atoms with Gasteiger partial charge in [-0.05, 0) is 31.4 Å². The maximum Gasteiger partial charge on any atom is 0.323 e. The van der Waals surface area contributed by atoms with Crippen molar-refractivity contribution in [3.63, 3.8) is 0 Å². The van der Waals surface area contributed by atoms with Crippen LogP contribution in [0.2, 0.25) is 0 Å². The molecule has 1 aromatic carbocycles. The average Bonchev–Trinajstić information content (AvgIpc) is 2.87. The van der Waals surface area contributed by atoms with E-state index in [-0.39, 0.29) is 5.88 Å². The molecule has 1 atom stereocenters. The normalized spacial score (nSPS) is 18.8. The second-order valence-corrected chi connectivity index (χ2v) is 4.77. The minimum absolute atomic E-state index is 0.247. The van der Waals surface area contributed by atoms with Crippen molar-refractivity contribution < 1.29 is 4.42 Å². The van der Waals surface area contributed by atoms with Crippen LogP contribution < -0.4 is 4.90 Å². The van der Waals surface area contributed by atoms with E-state index in [1.165, 1.54) is 5.56 Å². The highest BCUT2D eigenvalue weighted by atomic mass is 35.5. The maximum atomic E-state index is 5.70. The topological polar surface area (TPSA) is 42.2 Å². The highest BCUT2D eigenvalue weighted by Crippen LogP contribution is 2.35. The number of rotatable bonds is 2. The van der Waals surface area contributed by atoms with Gasteiger partial charge >= 0.3 is 6.01 Å². The number of nitrogens with zero attached hydrogens (tertiary/aromatic N) is 3. The maximum absolute atomic E-state index is 5.70. The molecule has 3 rings (SSSR count). The predicted octanol–water partition coefficient (Wildman–Crippen LogP) is 3.28. The van der Waals surface area contributed by atoms with Gasteiger partial charge in [0.15, 0.2) is 0 Å². The fraction of sp³-hybridized carbons (Fsp3) is 0.385. The van der Waals surface area contributed by atoms with Crippen molar-refractivity contribution >= 4 is 23.3 Å². The molecule has 0 N–H and O–H groups in total. The number of halogens is 1. The van der Waals surface area contributed by atoms with E-state index in [0.717, 1.165) is 18.5 Å². The first-order chi connectivity index (χ1) is 8.79. The van der Waals surface area contributed by atoms with E-state index in [0.29, 0.717) is 17.9 Å². The van der Waals surface area contributed by atoms with Crippen LogP contribution in [0.5, 0.6) is 0 Å². The number of para-hydroxylation sites is 1. The van der Waals surface area contributed by atoms with Gasteiger partial charge in [0.2, 0.25) is 5.89 Å². The zero-order valence-corrected chi connectivity index (χ0v) is 10.9. The van der Waals surface area contributed by atoms with Gasteiger partial charge in [0.05, 0.1) is 0 Å². The largest absolute Gasteiger partial charge is 0.406 e. The van der Waals surface area contributed by atoms with Gasteiger partial charge in [-0.3, -0.25) is 4.90 Å². The summed E-state index contributed by atoms with van der Waals surface area (Å²) >= 11 is 5.70. The number of anilines is 2. The average molecular weight is 264 g/mol. The molecular weight excluding hydrogens is 250 g/mol. The molecule has 0 radical (unpaired) electrons. The summed E-state index contributed by atoms with van der Waals surface area (Å²) < 4.78 is 5.57. The first-order valence-corrected chi connectivity index (χ1v) is 6.58. The molecule has 18 heavy (non-hydrogen) atoms. The molecule has 1 aromatic heterocycles. The quantitative estimate of drug-likeness (QED) is 0.780. The standard InChI is InChI=1S/C13H14ClN3O/c1-9-6-7-10-4-2-3-5-11(10)17(9)13-16-15-12(8-14)18-13/h2-5,9H,6-8H2,1H3. The molecular formula is C13H14ClN3O. The monoisotopic (exact) mass is 263 g/mol. The molecule has 1 aliphatic heterocycles. The van der Waals surface area contributed by atoms with E-state index in [2.05, 4.69) is 40.2 Å². The van der Waals surface area contributed by atoms with E-state index in [1.54, 1.807) is 0 Å². The van der Waals surface area contributed by atoms with Gasteiger partial charge in [0.1, 0.15) is 5.88 Å². The number of hydrogen-bond acceptors (Lipinski definition) is 4. The number of aryl methyl sites for hydroxylation is 1. The summed E-state index contributed by atoms with van der Waals surface area (Å²) in [4.78, 5) is 2.10. The molecule has 0 bridgehead atoms. The summed E-state index contributed by atoms with van der Waals surface area (Å²) in [5.41, 5.74) is 2.47. The lowest BCUT2D eigenvalue weighted by molar-refractivity contribution is 0.486. The smallest absolute Gasteiger partial charge is 0.323 e. The lowest BCUT2D eigenvalue weighted by atomic mass is 9.97. The number of alkyl halides is 1. The molecule has 1 unspecified atom stereocenters. The summed E-state index contributed by atoms with van der Waals surface area (Å²) in [5.74, 6) is 0.707. The van der Waals surface area contributed by atoms with Gasteiger partial charge in [-0.25, -0.2) is 0 Å². The van der Waals surface area contributed by atoms with Crippen LogP contribution in [0.4, 0.5) is 11.7 Å². The van der Waals surface area contributed by atoms with Crippen molar-refractivity contribution in [2.75, 3.05) is 4.90 Å². The Hall–Kier alpha value is -1.55. The Morgan fingerprint density at radius 3 is 3.00 bits per heavy atom. The Kier molecular flexibility index (Phi) is 2.96. The first kappa shape index (κ1) is 11.5. The van der Waals surface area contributed by atoms with Crippen LogP contribution in [-0.2, 0) is 12.3 Å². The molecule has 0 aliphatic carbocycles. The lowest BCUT2D eigenvalue weighted by Crippen LogP contribution is -2.33. The van der Waals surface area contributed by atoms with Crippen molar-refractivity contribution in [1.82, 2.24) is 10.2 Å². The van der Waals surface area contributed by atoms with Crippen LogP contribution in [0.3, 0.4) is 0 Å². The second-order valence-electron chi connectivity index (χ2n) is 4.50. The fourth-order valence-electron chi connectivity index (χ4n) is 2.38. The second kappa shape index (κ2) is 4.61. The van der Waals surface area contributed by atoms with Gasteiger partial charge in [0.25, 0.3) is 0 Å². The number of fused-ring (bicyclic) bond motifs is 1. The van der Waals surface area contributed by atoms with E-state index < -0.39 is 0 Å². The molecule has 5 heteroatoms. The molecule has 94 valence electrons. The van der Waals surface area contributed by atoms with Gasteiger partial charge in [-0.2, -0.15) is 0 Å². The van der Waals surface area contributed by atoms with Crippen LogP contribution in [0.25, 0.3) is 0 Å². The summed E-state index contributed by atoms with van der Waals surface area (Å²) in [6.45, 7) is 2.17. The van der Waals surface area contributed by atoms with Crippen LogP contribution in [0.1, 0.15) is 24.8 Å². The third-order valence-electron chi connectivity index (χ3n) is 3.30. The van der Waals surface area contributed by atoms with Gasteiger partial charge in [0, 0.05) is 11.7 Å². The minimum Gasteiger partial charge on any atom is -0.406 e. The molecule has 1 aliphatic rings. The Bertz CT molecular complexity index is 555. The zero-order chi connectivity index (χ0) is 12.5. The molecule has 0 spiro atoms. The highest BCUT2D eigenvalue weighted by molar-refractivity contribution is 6.16. The zero-order valence-electron chi connectivity index (χ0n) is 10.1. The lowest BCUT2D eigenvalue weighted by Gasteiger charge is -2.33. The predicted molar refractivity (Wildman–Crippen MR) is 70.2 cm³/mol. The van der Waals surface area contributed by atoms with Gasteiger partial charge in [-0.1, -0.05) is 23.3 Å². The molecule has 0 saturated heterocycles. The number of hydrogen-bond donors (Lipinski definition) is 0. The summed E-state index contributed by atoms with van der Waals surface area (Å²) in [6, 6.07) is 9.21. The SMILES string of the molecule is CC1CCc2ccccc2N1c1nnc(CCl)o1. The third kappa shape index (κ3) is 1.86. The van der Waals surface area contributed by atoms with Crippen molar-refractivity contribution in [3.8, 4) is 0 Å². The van der Waals surface area contributed by atoms with Gasteiger partial charge in [-0.15, -0.1) is 16.7 Å². The summed E-state index contributed by atoms with van der Waals surface area (Å²) in [5, 5.41) is 8.01. The summed E-state index contributed by atoms with van der Waals surface area (Å²) in [6.07, 6.45) is 2.17. The van der Waals surface area contributed by atoms with Crippen molar-refractivity contribution in [2.45, 2.75) is 31.7 Å². The Morgan fingerprint density at radius 2 is 2.22 bits per heavy atom. The molecule has 2 heterocycles. The molecule has 2 aromatic rings. The van der Waals surface area contributed by atoms with Crippen molar-refractivity contribution in [3.05, 3.63) is 35.7 Å². The minimum atomic E-state index is 0.247. The van der Waals surface area contributed by atoms with E-state index in [9.17, 15) is 0 Å². The third-order valence-corrected chi connectivity index (χ3v) is 3.53. The van der Waals surface area contributed by atoms with Crippen LogP contribution in [0, 0.1) is 0 Å². The van der Waals surface area contributed by atoms with E-state index in [1.807, 2.05) is 6.07 Å². The molecule has 0 fully saturated rings. The highest BCUT2D eigenvalue weighted by Gasteiger charge is 2.27. The van der Waals surface area contributed by atoms with Crippen molar-refractivity contribution in [2.24, 2.45) is 0 Å². The van der Waals surface area contributed by atoms with Crippen LogP contribution >= 0.6 is 11.6 Å². The Morgan fingerprint density at radius 1 is 1.39 bits per heavy atom. The van der Waals surface area contributed by atoms with E-state index >= 15 is 0 Å². The number of aromatic nitrogens is 2. The van der Waals surface area contributed by atoms with Gasteiger partial charge < -0.3 is 4.42 Å². The summed E-state index contributed by atoms with van der Waals surface area (Å²) in [7, 11) is 0. The van der Waals surface area contributed by atoms with E-state index in [4.69, 9.17) is 16.0 Å². The Labute approximate surface area is 111 Å². The molecule has 0 saturated carbocycles. The fourth-order valence-corrected chi connectivity index (χ4v) is 2.48. The Balaban J connectivity index is 2.04. The van der Waals surface area contributed by atoms with Crippen LogP contribution in [-0.4, -0.2) is 16.2 Å². The van der Waals surface area contributed by atoms with Crippen molar-refractivity contribution in [1.29, 1.82) is 0 Å². The number of benzene rings is 1.